The van der Waals surface area contributed by atoms with Crippen molar-refractivity contribution in [2.45, 2.75) is 25.3 Å². The first-order valence-electron chi connectivity index (χ1n) is 6.35. The van der Waals surface area contributed by atoms with Crippen molar-refractivity contribution in [1.82, 2.24) is 5.16 Å². The Morgan fingerprint density at radius 3 is 2.73 bits per heavy atom. The fourth-order valence-corrected chi connectivity index (χ4v) is 2.44. The van der Waals surface area contributed by atoms with Gasteiger partial charge >= 0.3 is 5.97 Å². The number of nitro groups is 1. The van der Waals surface area contributed by atoms with E-state index in [1.54, 1.807) is 20.1 Å². The summed E-state index contributed by atoms with van der Waals surface area (Å²) >= 11 is 1.25. The second kappa shape index (κ2) is 6.61. The van der Waals surface area contributed by atoms with E-state index in [9.17, 15) is 14.9 Å². The Balaban J connectivity index is 2.16. The summed E-state index contributed by atoms with van der Waals surface area (Å²) in [6.45, 7) is 3.48. The van der Waals surface area contributed by atoms with E-state index in [-0.39, 0.29) is 17.9 Å². The van der Waals surface area contributed by atoms with Crippen LogP contribution in [-0.2, 0) is 11.3 Å². The molecular weight excluding hydrogens is 308 g/mol. The molecule has 0 aliphatic carbocycles. The van der Waals surface area contributed by atoms with Crippen LogP contribution in [-0.4, -0.2) is 22.3 Å². The molecule has 1 aromatic heterocycles. The first kappa shape index (κ1) is 16.0. The van der Waals surface area contributed by atoms with Crippen LogP contribution in [0, 0.1) is 24.0 Å². The van der Waals surface area contributed by atoms with Gasteiger partial charge in [-0.05, 0) is 32.2 Å². The molecule has 0 bridgehead atoms. The third kappa shape index (κ3) is 3.28. The molecule has 7 nitrogen and oxygen atoms in total. The standard InChI is InChI=1S/C14H14N2O5S/c1-8-11(9(2)21-15-8)7-20-14(17)10-4-5-13(22-3)12(6-10)16(18)19/h4-6H,7H2,1-3H3. The molecule has 2 rings (SSSR count). The Morgan fingerprint density at radius 2 is 2.18 bits per heavy atom. The van der Waals surface area contributed by atoms with Gasteiger partial charge in [-0.1, -0.05) is 5.16 Å². The van der Waals surface area contributed by atoms with Gasteiger partial charge in [0.15, 0.2) is 0 Å². The van der Waals surface area contributed by atoms with Crippen LogP contribution >= 0.6 is 11.8 Å². The molecule has 0 aliphatic heterocycles. The number of aromatic nitrogens is 1. The van der Waals surface area contributed by atoms with Gasteiger partial charge in [-0.25, -0.2) is 4.79 Å². The summed E-state index contributed by atoms with van der Waals surface area (Å²) in [7, 11) is 0. The van der Waals surface area contributed by atoms with Gasteiger partial charge in [-0.2, -0.15) is 0 Å². The fraction of sp³-hybridized carbons (Fsp3) is 0.286. The minimum absolute atomic E-state index is 0.0120. The molecule has 1 heterocycles. The van der Waals surface area contributed by atoms with E-state index in [0.717, 1.165) is 0 Å². The van der Waals surface area contributed by atoms with Crippen LogP contribution in [0.4, 0.5) is 5.69 Å². The Hall–Kier alpha value is -2.35. The van der Waals surface area contributed by atoms with Crippen LogP contribution in [0.1, 0.15) is 27.4 Å². The average molecular weight is 322 g/mol. The minimum Gasteiger partial charge on any atom is -0.457 e. The highest BCUT2D eigenvalue weighted by Gasteiger charge is 2.19. The van der Waals surface area contributed by atoms with Crippen molar-refractivity contribution in [3.05, 3.63) is 50.9 Å². The summed E-state index contributed by atoms with van der Waals surface area (Å²) in [6.07, 6.45) is 1.73. The maximum absolute atomic E-state index is 12.0. The third-order valence-corrected chi connectivity index (χ3v) is 3.93. The number of carbonyl (C=O) groups is 1. The quantitative estimate of drug-likeness (QED) is 0.361. The highest BCUT2D eigenvalue weighted by Crippen LogP contribution is 2.28. The smallest absolute Gasteiger partial charge is 0.338 e. The highest BCUT2D eigenvalue weighted by atomic mass is 32.2. The van der Waals surface area contributed by atoms with E-state index in [1.807, 2.05) is 0 Å². The maximum Gasteiger partial charge on any atom is 0.338 e. The third-order valence-electron chi connectivity index (χ3n) is 3.14. The lowest BCUT2D eigenvalue weighted by Crippen LogP contribution is -2.07. The van der Waals surface area contributed by atoms with Gasteiger partial charge in [0.2, 0.25) is 0 Å². The van der Waals surface area contributed by atoms with E-state index in [2.05, 4.69) is 5.16 Å². The van der Waals surface area contributed by atoms with Crippen molar-refractivity contribution in [2.24, 2.45) is 0 Å². The van der Waals surface area contributed by atoms with Crippen LogP contribution in [0.3, 0.4) is 0 Å². The average Bonchev–Trinajstić information content (AvgIpc) is 2.82. The number of carbonyl (C=O) groups excluding carboxylic acids is 1. The van der Waals surface area contributed by atoms with Crippen molar-refractivity contribution >= 4 is 23.4 Å². The van der Waals surface area contributed by atoms with Crippen LogP contribution in [0.25, 0.3) is 0 Å². The van der Waals surface area contributed by atoms with Crippen LogP contribution in [0.5, 0.6) is 0 Å². The number of hydrogen-bond acceptors (Lipinski definition) is 7. The number of rotatable bonds is 5. The monoisotopic (exact) mass is 322 g/mol. The highest BCUT2D eigenvalue weighted by molar-refractivity contribution is 7.98. The first-order chi connectivity index (χ1) is 10.4. The Labute approximate surface area is 130 Å². The SMILES string of the molecule is CSc1ccc(C(=O)OCc2c(C)noc2C)cc1[N+](=O)[O-]. The second-order valence-corrected chi connectivity index (χ2v) is 5.37. The zero-order valence-corrected chi connectivity index (χ0v) is 13.1. The lowest BCUT2D eigenvalue weighted by molar-refractivity contribution is -0.387. The molecule has 0 unspecified atom stereocenters. The molecular formula is C14H14N2O5S. The number of nitro benzene ring substituents is 1. The molecule has 0 saturated heterocycles. The van der Waals surface area contributed by atoms with Crippen molar-refractivity contribution in [3.63, 3.8) is 0 Å². The van der Waals surface area contributed by atoms with Gasteiger partial charge in [-0.15, -0.1) is 11.8 Å². The number of aryl methyl sites for hydroxylation is 2. The number of thioether (sulfide) groups is 1. The van der Waals surface area contributed by atoms with Gasteiger partial charge in [0.1, 0.15) is 12.4 Å². The summed E-state index contributed by atoms with van der Waals surface area (Å²) in [5.41, 5.74) is 1.37. The zero-order valence-electron chi connectivity index (χ0n) is 12.3. The van der Waals surface area contributed by atoms with Crippen molar-refractivity contribution in [2.75, 3.05) is 6.26 Å². The lowest BCUT2D eigenvalue weighted by Gasteiger charge is -2.06. The normalized spacial score (nSPS) is 10.5. The maximum atomic E-state index is 12.0. The molecule has 0 amide bonds. The molecule has 8 heteroatoms. The summed E-state index contributed by atoms with van der Waals surface area (Å²) in [4.78, 5) is 23.0. The molecule has 0 radical (unpaired) electrons. The molecule has 0 saturated carbocycles. The molecule has 1 aromatic carbocycles. The molecule has 116 valence electrons. The van der Waals surface area contributed by atoms with E-state index < -0.39 is 10.9 Å². The molecule has 0 spiro atoms. The van der Waals surface area contributed by atoms with Crippen molar-refractivity contribution in [3.8, 4) is 0 Å². The summed E-state index contributed by atoms with van der Waals surface area (Å²) in [6, 6.07) is 4.27. The van der Waals surface area contributed by atoms with Crippen LogP contribution in [0.15, 0.2) is 27.6 Å². The van der Waals surface area contributed by atoms with E-state index >= 15 is 0 Å². The summed E-state index contributed by atoms with van der Waals surface area (Å²) in [5, 5.41) is 14.8. The lowest BCUT2D eigenvalue weighted by atomic mass is 10.2. The molecule has 0 N–H and O–H groups in total. The van der Waals surface area contributed by atoms with E-state index in [1.165, 1.54) is 30.0 Å². The largest absolute Gasteiger partial charge is 0.457 e. The molecule has 0 aliphatic rings. The van der Waals surface area contributed by atoms with Gasteiger partial charge < -0.3 is 9.26 Å². The molecule has 2 aromatic rings. The fourth-order valence-electron chi connectivity index (χ4n) is 1.89. The predicted molar refractivity (Wildman–Crippen MR) is 80.0 cm³/mol. The summed E-state index contributed by atoms with van der Waals surface area (Å²) in [5.74, 6) is -0.0511. The Bertz CT molecular complexity index is 707. The Morgan fingerprint density at radius 1 is 1.45 bits per heavy atom. The van der Waals surface area contributed by atoms with Crippen molar-refractivity contribution in [1.29, 1.82) is 0 Å². The van der Waals surface area contributed by atoms with Gasteiger partial charge in [-0.3, -0.25) is 10.1 Å². The zero-order chi connectivity index (χ0) is 16.3. The van der Waals surface area contributed by atoms with E-state index in [0.29, 0.717) is 21.9 Å². The minimum atomic E-state index is -0.629. The molecule has 22 heavy (non-hydrogen) atoms. The Kier molecular flexibility index (Phi) is 4.81. The molecule has 0 fully saturated rings. The number of benzene rings is 1. The van der Waals surface area contributed by atoms with Crippen molar-refractivity contribution < 1.29 is 19.0 Å². The number of esters is 1. The predicted octanol–water partition coefficient (Wildman–Crippen LogP) is 3.28. The molecule has 0 atom stereocenters. The number of hydrogen-bond donors (Lipinski definition) is 0. The van der Waals surface area contributed by atoms with Gasteiger partial charge in [0.05, 0.1) is 26.6 Å². The number of nitrogens with zero attached hydrogens (tertiary/aromatic N) is 2. The topological polar surface area (TPSA) is 95.5 Å². The number of ether oxygens (including phenoxy) is 1. The summed E-state index contributed by atoms with van der Waals surface area (Å²) < 4.78 is 10.2. The van der Waals surface area contributed by atoms with E-state index in [4.69, 9.17) is 9.26 Å². The van der Waals surface area contributed by atoms with Crippen LogP contribution < -0.4 is 0 Å². The van der Waals surface area contributed by atoms with Crippen LogP contribution in [0.2, 0.25) is 0 Å². The van der Waals surface area contributed by atoms with Gasteiger partial charge in [0, 0.05) is 6.07 Å². The van der Waals surface area contributed by atoms with Gasteiger partial charge in [0.25, 0.3) is 5.69 Å². The first-order valence-corrected chi connectivity index (χ1v) is 7.57. The second-order valence-electron chi connectivity index (χ2n) is 4.52.